The van der Waals surface area contributed by atoms with Gasteiger partial charge in [-0.25, -0.2) is 4.98 Å². The number of amides is 1. The van der Waals surface area contributed by atoms with Gasteiger partial charge in [-0.2, -0.15) is 0 Å². The molecule has 5 nitrogen and oxygen atoms in total. The van der Waals surface area contributed by atoms with E-state index < -0.39 is 0 Å². The molecule has 0 spiro atoms. The first kappa shape index (κ1) is 16.4. The first-order chi connectivity index (χ1) is 11.2. The highest BCUT2D eigenvalue weighted by atomic mass is 79.9. The predicted octanol–water partition coefficient (Wildman–Crippen LogP) is 2.62. The monoisotopic (exact) mass is 394 g/mol. The lowest BCUT2D eigenvalue weighted by Gasteiger charge is -2.19. The molecule has 1 aromatic heterocycles. The molecule has 1 aliphatic rings. The molecule has 3 rings (SSSR count). The second-order valence-corrected chi connectivity index (χ2v) is 7.48. The van der Waals surface area contributed by atoms with E-state index >= 15 is 0 Å². The topological polar surface area (TPSA) is 71.2 Å². The fraction of sp³-hybridized carbons (Fsp3) is 0.375. The number of hydrogen-bond acceptors (Lipinski definition) is 5. The summed E-state index contributed by atoms with van der Waals surface area (Å²) in [4.78, 5) is 18.7. The lowest BCUT2D eigenvalue weighted by molar-refractivity contribution is 0.0944. The minimum absolute atomic E-state index is 0.108. The molecular formula is C16H19BrN4OS. The molecule has 1 saturated heterocycles. The quantitative estimate of drug-likeness (QED) is 0.817. The lowest BCUT2D eigenvalue weighted by Crippen LogP contribution is -2.31. The molecule has 1 amide bonds. The van der Waals surface area contributed by atoms with Crippen LogP contribution in [0, 0.1) is 5.92 Å². The van der Waals surface area contributed by atoms with Gasteiger partial charge >= 0.3 is 0 Å². The Morgan fingerprint density at radius 2 is 2.22 bits per heavy atom. The normalized spacial score (nSPS) is 17.5. The number of thiazole rings is 1. The number of halogens is 1. The van der Waals surface area contributed by atoms with Gasteiger partial charge in [0.05, 0.1) is 0 Å². The van der Waals surface area contributed by atoms with Crippen LogP contribution in [-0.4, -0.2) is 30.5 Å². The SMILES string of the molecule is NCc1nc(C(=O)NCC2CCN(c3ccc(Br)cc3)C2)cs1. The van der Waals surface area contributed by atoms with Gasteiger partial charge in [-0.05, 0) is 36.6 Å². The summed E-state index contributed by atoms with van der Waals surface area (Å²) in [7, 11) is 0. The van der Waals surface area contributed by atoms with Crippen LogP contribution >= 0.6 is 27.3 Å². The molecule has 1 aliphatic heterocycles. The Morgan fingerprint density at radius 1 is 1.43 bits per heavy atom. The van der Waals surface area contributed by atoms with E-state index in [2.05, 4.69) is 55.4 Å². The van der Waals surface area contributed by atoms with Gasteiger partial charge in [-0.15, -0.1) is 11.3 Å². The van der Waals surface area contributed by atoms with E-state index in [1.807, 2.05) is 0 Å². The number of anilines is 1. The number of aromatic nitrogens is 1. The number of carbonyl (C=O) groups is 1. The molecule has 7 heteroatoms. The van der Waals surface area contributed by atoms with Gasteiger partial charge in [0, 0.05) is 41.7 Å². The largest absolute Gasteiger partial charge is 0.371 e. The summed E-state index contributed by atoms with van der Waals surface area (Å²) < 4.78 is 1.09. The van der Waals surface area contributed by atoms with Crippen molar-refractivity contribution in [2.45, 2.75) is 13.0 Å². The third-order valence-electron chi connectivity index (χ3n) is 3.99. The van der Waals surface area contributed by atoms with E-state index in [9.17, 15) is 4.79 Å². The second kappa shape index (κ2) is 7.42. The summed E-state index contributed by atoms with van der Waals surface area (Å²) in [6.45, 7) is 3.05. The number of carbonyl (C=O) groups excluding carboxylic acids is 1. The maximum atomic E-state index is 12.1. The molecule has 1 fully saturated rings. The van der Waals surface area contributed by atoms with Crippen molar-refractivity contribution in [2.24, 2.45) is 11.7 Å². The molecule has 0 radical (unpaired) electrons. The number of hydrogen-bond donors (Lipinski definition) is 2. The van der Waals surface area contributed by atoms with Crippen molar-refractivity contribution in [3.05, 3.63) is 44.8 Å². The van der Waals surface area contributed by atoms with Crippen LogP contribution in [0.2, 0.25) is 0 Å². The molecule has 2 heterocycles. The van der Waals surface area contributed by atoms with Crippen LogP contribution in [0.15, 0.2) is 34.1 Å². The van der Waals surface area contributed by atoms with E-state index in [-0.39, 0.29) is 5.91 Å². The fourth-order valence-electron chi connectivity index (χ4n) is 2.72. The Bertz CT molecular complexity index is 673. The molecule has 1 aromatic carbocycles. The Morgan fingerprint density at radius 3 is 2.91 bits per heavy atom. The lowest BCUT2D eigenvalue weighted by atomic mass is 10.1. The first-order valence-electron chi connectivity index (χ1n) is 7.59. The second-order valence-electron chi connectivity index (χ2n) is 5.62. The molecule has 122 valence electrons. The highest BCUT2D eigenvalue weighted by molar-refractivity contribution is 9.10. The minimum atomic E-state index is -0.108. The smallest absolute Gasteiger partial charge is 0.270 e. The highest BCUT2D eigenvalue weighted by Crippen LogP contribution is 2.25. The zero-order chi connectivity index (χ0) is 16.2. The van der Waals surface area contributed by atoms with E-state index in [1.165, 1.54) is 17.0 Å². The maximum Gasteiger partial charge on any atom is 0.270 e. The van der Waals surface area contributed by atoms with Crippen molar-refractivity contribution in [3.63, 3.8) is 0 Å². The first-order valence-corrected chi connectivity index (χ1v) is 9.26. The summed E-state index contributed by atoms with van der Waals surface area (Å²) in [5.41, 5.74) is 7.23. The number of benzene rings is 1. The third kappa shape index (κ3) is 4.10. The predicted molar refractivity (Wildman–Crippen MR) is 96.8 cm³/mol. The van der Waals surface area contributed by atoms with E-state index in [4.69, 9.17) is 5.73 Å². The summed E-state index contributed by atoms with van der Waals surface area (Å²) >= 11 is 4.88. The van der Waals surface area contributed by atoms with E-state index in [0.29, 0.717) is 24.7 Å². The van der Waals surface area contributed by atoms with Crippen molar-refractivity contribution < 1.29 is 4.79 Å². The number of rotatable bonds is 5. The van der Waals surface area contributed by atoms with E-state index in [1.54, 1.807) is 5.38 Å². The zero-order valence-electron chi connectivity index (χ0n) is 12.7. The third-order valence-corrected chi connectivity index (χ3v) is 5.39. The van der Waals surface area contributed by atoms with Crippen LogP contribution in [0.3, 0.4) is 0 Å². The average molecular weight is 395 g/mol. The number of nitrogens with two attached hydrogens (primary N) is 1. The summed E-state index contributed by atoms with van der Waals surface area (Å²) in [6, 6.07) is 8.35. The zero-order valence-corrected chi connectivity index (χ0v) is 15.1. The minimum Gasteiger partial charge on any atom is -0.371 e. The van der Waals surface area contributed by atoms with Crippen molar-refractivity contribution in [1.82, 2.24) is 10.3 Å². The summed E-state index contributed by atoms with van der Waals surface area (Å²) in [5, 5.41) is 5.54. The molecule has 0 aliphatic carbocycles. The Balaban J connectivity index is 1.50. The van der Waals surface area contributed by atoms with Crippen LogP contribution in [0.5, 0.6) is 0 Å². The standard InChI is InChI=1S/C16H19BrN4OS/c17-12-1-3-13(4-2-12)21-6-5-11(9-21)8-19-16(22)14-10-23-15(7-18)20-14/h1-4,10-11H,5-9,18H2,(H,19,22). The fourth-order valence-corrected chi connectivity index (χ4v) is 3.64. The van der Waals surface area contributed by atoms with Gasteiger partial charge in [0.25, 0.3) is 5.91 Å². The Hall–Kier alpha value is -1.44. The summed E-state index contributed by atoms with van der Waals surface area (Å²) in [5.74, 6) is 0.359. The average Bonchev–Trinajstić information content (AvgIpc) is 3.22. The Kier molecular flexibility index (Phi) is 5.30. The van der Waals surface area contributed by atoms with Gasteiger partial charge in [0.2, 0.25) is 0 Å². The van der Waals surface area contributed by atoms with Crippen LogP contribution in [0.1, 0.15) is 21.9 Å². The van der Waals surface area contributed by atoms with Gasteiger partial charge in [0.1, 0.15) is 10.7 Å². The summed E-state index contributed by atoms with van der Waals surface area (Å²) in [6.07, 6.45) is 1.08. The van der Waals surface area contributed by atoms with Gasteiger partial charge in [-0.3, -0.25) is 4.79 Å². The maximum absolute atomic E-state index is 12.1. The molecule has 23 heavy (non-hydrogen) atoms. The molecule has 1 unspecified atom stereocenters. The van der Waals surface area contributed by atoms with Crippen LogP contribution < -0.4 is 16.0 Å². The Labute approximate surface area is 148 Å². The molecule has 1 atom stereocenters. The molecular weight excluding hydrogens is 376 g/mol. The highest BCUT2D eigenvalue weighted by Gasteiger charge is 2.23. The van der Waals surface area contributed by atoms with Crippen molar-refractivity contribution >= 4 is 38.9 Å². The van der Waals surface area contributed by atoms with Gasteiger partial charge < -0.3 is 16.0 Å². The number of nitrogens with one attached hydrogen (secondary N) is 1. The van der Waals surface area contributed by atoms with Gasteiger partial charge in [0.15, 0.2) is 0 Å². The molecule has 3 N–H and O–H groups in total. The number of nitrogens with zero attached hydrogens (tertiary/aromatic N) is 2. The van der Waals surface area contributed by atoms with Crippen molar-refractivity contribution in [2.75, 3.05) is 24.5 Å². The van der Waals surface area contributed by atoms with Gasteiger partial charge in [-0.1, -0.05) is 15.9 Å². The van der Waals surface area contributed by atoms with E-state index in [0.717, 1.165) is 29.0 Å². The van der Waals surface area contributed by atoms with Crippen LogP contribution in [0.25, 0.3) is 0 Å². The van der Waals surface area contributed by atoms with Crippen LogP contribution in [0.4, 0.5) is 5.69 Å². The van der Waals surface area contributed by atoms with Crippen LogP contribution in [-0.2, 0) is 6.54 Å². The van der Waals surface area contributed by atoms with Crippen molar-refractivity contribution in [1.29, 1.82) is 0 Å². The molecule has 0 bridgehead atoms. The van der Waals surface area contributed by atoms with Crippen molar-refractivity contribution in [3.8, 4) is 0 Å². The molecule has 0 saturated carbocycles. The molecule has 2 aromatic rings.